The smallest absolute Gasteiger partial charge is 0.269 e. The van der Waals surface area contributed by atoms with Crippen molar-refractivity contribution in [2.45, 2.75) is 13.5 Å². The van der Waals surface area contributed by atoms with E-state index < -0.39 is 10.7 Å². The van der Waals surface area contributed by atoms with Crippen LogP contribution in [0.25, 0.3) is 0 Å². The Labute approximate surface area is 114 Å². The highest BCUT2D eigenvalue weighted by molar-refractivity contribution is 5.45. The average Bonchev–Trinajstić information content (AvgIpc) is 2.42. The maximum Gasteiger partial charge on any atom is 0.269 e. The van der Waals surface area contributed by atoms with Crippen LogP contribution in [0.1, 0.15) is 11.1 Å². The third-order valence-corrected chi connectivity index (χ3v) is 2.77. The Morgan fingerprint density at radius 3 is 2.50 bits per heavy atom. The first kappa shape index (κ1) is 14.0. The Morgan fingerprint density at radius 2 is 1.95 bits per heavy atom. The fourth-order valence-electron chi connectivity index (χ4n) is 1.71. The van der Waals surface area contributed by atoms with Crippen molar-refractivity contribution in [3.63, 3.8) is 0 Å². The van der Waals surface area contributed by atoms with Crippen molar-refractivity contribution in [3.8, 4) is 11.5 Å². The van der Waals surface area contributed by atoms with Gasteiger partial charge in [0.05, 0.1) is 11.5 Å². The summed E-state index contributed by atoms with van der Waals surface area (Å²) in [6.45, 7) is 1.39. The normalized spacial score (nSPS) is 10.3. The van der Waals surface area contributed by atoms with E-state index in [9.17, 15) is 14.5 Å². The lowest BCUT2D eigenvalue weighted by Crippen LogP contribution is -1.94. The summed E-state index contributed by atoms with van der Waals surface area (Å²) in [5, 5.41) is 19.5. The summed E-state index contributed by atoms with van der Waals surface area (Å²) in [5.74, 6) is -0.264. The Bertz CT molecular complexity index is 658. The van der Waals surface area contributed by atoms with Crippen molar-refractivity contribution < 1.29 is 19.2 Å². The summed E-state index contributed by atoms with van der Waals surface area (Å²) in [6, 6.07) is 8.20. The zero-order valence-corrected chi connectivity index (χ0v) is 10.7. The average molecular weight is 277 g/mol. The lowest BCUT2D eigenvalue weighted by molar-refractivity contribution is -0.384. The standard InChI is InChI=1S/C14H12FNO4/c1-9-6-11(16(18)19)3-5-13(9)20-14-4-2-10(8-17)7-12(14)15/h2-7,17H,8H2,1H3. The molecule has 2 rings (SSSR count). The van der Waals surface area contributed by atoms with E-state index in [1.54, 1.807) is 13.0 Å². The van der Waals surface area contributed by atoms with Gasteiger partial charge in [0.15, 0.2) is 11.6 Å². The predicted octanol–water partition coefficient (Wildman–Crippen LogP) is 3.33. The van der Waals surface area contributed by atoms with Gasteiger partial charge in [-0.25, -0.2) is 4.39 Å². The van der Waals surface area contributed by atoms with Gasteiger partial charge in [0, 0.05) is 12.1 Å². The van der Waals surface area contributed by atoms with Gasteiger partial charge in [-0.3, -0.25) is 10.1 Å². The summed E-state index contributed by atoms with van der Waals surface area (Å²) in [6.07, 6.45) is 0. The Balaban J connectivity index is 2.28. The van der Waals surface area contributed by atoms with Crippen LogP contribution in [-0.2, 0) is 6.61 Å². The van der Waals surface area contributed by atoms with Crippen LogP contribution in [0, 0.1) is 22.9 Å². The molecule has 0 radical (unpaired) electrons. The van der Waals surface area contributed by atoms with Crippen molar-refractivity contribution in [3.05, 3.63) is 63.5 Å². The van der Waals surface area contributed by atoms with Crippen LogP contribution in [0.15, 0.2) is 36.4 Å². The zero-order chi connectivity index (χ0) is 14.7. The van der Waals surface area contributed by atoms with Crippen LogP contribution < -0.4 is 4.74 Å². The van der Waals surface area contributed by atoms with Crippen molar-refractivity contribution >= 4 is 5.69 Å². The molecule has 6 heteroatoms. The zero-order valence-electron chi connectivity index (χ0n) is 10.7. The van der Waals surface area contributed by atoms with Gasteiger partial charge in [-0.1, -0.05) is 6.07 Å². The van der Waals surface area contributed by atoms with Gasteiger partial charge in [-0.15, -0.1) is 0 Å². The van der Waals surface area contributed by atoms with Crippen molar-refractivity contribution in [2.24, 2.45) is 0 Å². The SMILES string of the molecule is Cc1cc([N+](=O)[O-])ccc1Oc1ccc(CO)cc1F. The molecule has 0 spiro atoms. The molecule has 0 aromatic heterocycles. The summed E-state index contributed by atoms with van der Waals surface area (Å²) < 4.78 is 19.1. The first-order valence-corrected chi connectivity index (χ1v) is 5.83. The van der Waals surface area contributed by atoms with Gasteiger partial charge in [0.1, 0.15) is 5.75 Å². The summed E-state index contributed by atoms with van der Waals surface area (Å²) >= 11 is 0. The van der Waals surface area contributed by atoms with Gasteiger partial charge < -0.3 is 9.84 Å². The largest absolute Gasteiger partial charge is 0.454 e. The topological polar surface area (TPSA) is 72.6 Å². The van der Waals surface area contributed by atoms with E-state index in [-0.39, 0.29) is 18.0 Å². The van der Waals surface area contributed by atoms with E-state index in [1.807, 2.05) is 0 Å². The number of ether oxygens (including phenoxy) is 1. The third-order valence-electron chi connectivity index (χ3n) is 2.77. The minimum atomic E-state index is -0.602. The molecule has 0 saturated heterocycles. The maximum absolute atomic E-state index is 13.7. The van der Waals surface area contributed by atoms with Gasteiger partial charge in [0.25, 0.3) is 5.69 Å². The minimum absolute atomic E-state index is 0.000784. The highest BCUT2D eigenvalue weighted by Crippen LogP contribution is 2.30. The molecular weight excluding hydrogens is 265 g/mol. The van der Waals surface area contributed by atoms with E-state index in [0.29, 0.717) is 16.9 Å². The molecule has 0 fully saturated rings. The number of nitrogens with zero attached hydrogens (tertiary/aromatic N) is 1. The summed E-state index contributed by atoms with van der Waals surface area (Å²) in [7, 11) is 0. The number of aryl methyl sites for hydroxylation is 1. The van der Waals surface area contributed by atoms with Gasteiger partial charge in [0.2, 0.25) is 0 Å². The first-order chi connectivity index (χ1) is 9.51. The van der Waals surface area contributed by atoms with Gasteiger partial charge in [-0.2, -0.15) is 0 Å². The molecular formula is C14H12FNO4. The number of benzene rings is 2. The number of halogens is 1. The minimum Gasteiger partial charge on any atom is -0.454 e. The van der Waals surface area contributed by atoms with Crippen LogP contribution in [0.3, 0.4) is 0 Å². The Hall–Kier alpha value is -2.47. The predicted molar refractivity (Wildman–Crippen MR) is 70.2 cm³/mol. The molecule has 1 N–H and O–H groups in total. The number of nitro groups is 1. The summed E-state index contributed by atoms with van der Waals surface area (Å²) in [4.78, 5) is 10.1. The second-order valence-electron chi connectivity index (χ2n) is 4.23. The fraction of sp³-hybridized carbons (Fsp3) is 0.143. The Kier molecular flexibility index (Phi) is 3.95. The highest BCUT2D eigenvalue weighted by atomic mass is 19.1. The fourth-order valence-corrected chi connectivity index (χ4v) is 1.71. The molecule has 20 heavy (non-hydrogen) atoms. The Morgan fingerprint density at radius 1 is 1.25 bits per heavy atom. The van der Waals surface area contributed by atoms with Crippen LogP contribution in [0.4, 0.5) is 10.1 Å². The number of nitro benzene ring substituents is 1. The number of aliphatic hydroxyl groups excluding tert-OH is 1. The molecule has 0 aliphatic rings. The van der Waals surface area contributed by atoms with Crippen LogP contribution in [-0.4, -0.2) is 10.0 Å². The number of aliphatic hydroxyl groups is 1. The van der Waals surface area contributed by atoms with Crippen molar-refractivity contribution in [2.75, 3.05) is 0 Å². The molecule has 0 amide bonds. The number of hydrogen-bond acceptors (Lipinski definition) is 4. The number of hydrogen-bond donors (Lipinski definition) is 1. The van der Waals surface area contributed by atoms with Gasteiger partial charge >= 0.3 is 0 Å². The molecule has 0 saturated carbocycles. The monoisotopic (exact) mass is 277 g/mol. The molecule has 104 valence electrons. The van der Waals surface area contributed by atoms with Crippen LogP contribution in [0.2, 0.25) is 0 Å². The van der Waals surface area contributed by atoms with Crippen molar-refractivity contribution in [1.82, 2.24) is 0 Å². The van der Waals surface area contributed by atoms with E-state index >= 15 is 0 Å². The second-order valence-corrected chi connectivity index (χ2v) is 4.23. The molecule has 2 aromatic carbocycles. The molecule has 0 aliphatic heterocycles. The molecule has 2 aromatic rings. The van der Waals surface area contributed by atoms with E-state index in [4.69, 9.17) is 9.84 Å². The van der Waals surface area contributed by atoms with Gasteiger partial charge in [-0.05, 0) is 36.2 Å². The lowest BCUT2D eigenvalue weighted by atomic mass is 10.2. The second kappa shape index (κ2) is 5.66. The lowest BCUT2D eigenvalue weighted by Gasteiger charge is -2.10. The third kappa shape index (κ3) is 2.92. The molecule has 0 bridgehead atoms. The van der Waals surface area contributed by atoms with E-state index in [1.165, 1.54) is 30.3 Å². The molecule has 0 aliphatic carbocycles. The maximum atomic E-state index is 13.7. The molecule has 0 atom stereocenters. The first-order valence-electron chi connectivity index (χ1n) is 5.83. The van der Waals surface area contributed by atoms with E-state index in [0.717, 1.165) is 0 Å². The summed E-state index contributed by atoms with van der Waals surface area (Å²) in [5.41, 5.74) is 0.922. The van der Waals surface area contributed by atoms with Crippen LogP contribution in [0.5, 0.6) is 11.5 Å². The number of non-ortho nitro benzene ring substituents is 1. The highest BCUT2D eigenvalue weighted by Gasteiger charge is 2.11. The van der Waals surface area contributed by atoms with Crippen LogP contribution >= 0.6 is 0 Å². The molecule has 0 heterocycles. The molecule has 5 nitrogen and oxygen atoms in total. The quantitative estimate of drug-likeness (QED) is 0.687. The van der Waals surface area contributed by atoms with E-state index in [2.05, 4.69) is 0 Å². The number of rotatable bonds is 4. The van der Waals surface area contributed by atoms with Crippen molar-refractivity contribution in [1.29, 1.82) is 0 Å². The molecule has 0 unspecified atom stereocenters.